The number of halogens is 1. The number of amides is 1. The highest BCUT2D eigenvalue weighted by Gasteiger charge is 2.26. The molecule has 1 fully saturated rings. The molecule has 0 aliphatic carbocycles. The zero-order valence-corrected chi connectivity index (χ0v) is 18.0. The summed E-state index contributed by atoms with van der Waals surface area (Å²) in [7, 11) is 1.63. The van der Waals surface area contributed by atoms with Crippen LogP contribution < -0.4 is 9.64 Å². The van der Waals surface area contributed by atoms with Gasteiger partial charge in [0.15, 0.2) is 10.1 Å². The van der Waals surface area contributed by atoms with E-state index >= 15 is 0 Å². The first-order chi connectivity index (χ1) is 14.1. The first-order valence-corrected chi connectivity index (χ1v) is 11.2. The van der Waals surface area contributed by atoms with Crippen molar-refractivity contribution < 1.29 is 9.53 Å². The fourth-order valence-corrected chi connectivity index (χ4v) is 5.68. The number of para-hydroxylation sites is 1. The van der Waals surface area contributed by atoms with E-state index in [9.17, 15) is 4.79 Å². The van der Waals surface area contributed by atoms with E-state index in [1.54, 1.807) is 18.4 Å². The molecule has 0 bridgehead atoms. The Morgan fingerprint density at radius 2 is 1.86 bits per heavy atom. The number of anilines is 1. The van der Waals surface area contributed by atoms with Crippen LogP contribution in [0.2, 0.25) is 5.02 Å². The lowest BCUT2D eigenvalue weighted by Crippen LogP contribution is -2.48. The molecule has 2 aromatic heterocycles. The van der Waals surface area contributed by atoms with E-state index in [2.05, 4.69) is 9.88 Å². The molecule has 0 radical (unpaired) electrons. The highest BCUT2D eigenvalue weighted by molar-refractivity contribution is 7.23. The summed E-state index contributed by atoms with van der Waals surface area (Å²) in [5.74, 6) is 0.719. The summed E-state index contributed by atoms with van der Waals surface area (Å²) in [6, 6.07) is 11.5. The van der Waals surface area contributed by atoms with E-state index in [-0.39, 0.29) is 5.91 Å². The Hall–Kier alpha value is -2.42. The van der Waals surface area contributed by atoms with Crippen LogP contribution in [0.25, 0.3) is 20.4 Å². The number of thiazole rings is 2. The molecule has 6 nitrogen and oxygen atoms in total. The summed E-state index contributed by atoms with van der Waals surface area (Å²) >= 11 is 9.35. The number of benzene rings is 2. The van der Waals surface area contributed by atoms with Crippen molar-refractivity contribution in [3.63, 3.8) is 0 Å². The molecule has 1 aliphatic heterocycles. The molecule has 1 saturated heterocycles. The number of nitrogens with zero attached hydrogens (tertiary/aromatic N) is 4. The van der Waals surface area contributed by atoms with Gasteiger partial charge in [-0.2, -0.15) is 0 Å². The van der Waals surface area contributed by atoms with Crippen LogP contribution in [0.15, 0.2) is 36.4 Å². The Bertz CT molecular complexity index is 1180. The van der Waals surface area contributed by atoms with Crippen LogP contribution in [0, 0.1) is 0 Å². The van der Waals surface area contributed by atoms with Crippen molar-refractivity contribution in [3.8, 4) is 5.75 Å². The zero-order chi connectivity index (χ0) is 20.0. The highest BCUT2D eigenvalue weighted by atomic mass is 35.5. The summed E-state index contributed by atoms with van der Waals surface area (Å²) < 4.78 is 7.38. The van der Waals surface area contributed by atoms with Crippen molar-refractivity contribution in [2.75, 3.05) is 38.2 Å². The molecule has 0 spiro atoms. The minimum Gasteiger partial charge on any atom is -0.494 e. The van der Waals surface area contributed by atoms with Gasteiger partial charge in [0.05, 0.1) is 27.0 Å². The first-order valence-electron chi connectivity index (χ1n) is 9.17. The maximum absolute atomic E-state index is 12.9. The van der Waals surface area contributed by atoms with Crippen LogP contribution in [-0.4, -0.2) is 54.1 Å². The van der Waals surface area contributed by atoms with Gasteiger partial charge >= 0.3 is 0 Å². The second kappa shape index (κ2) is 7.44. The first kappa shape index (κ1) is 18.6. The van der Waals surface area contributed by atoms with Crippen molar-refractivity contribution in [2.45, 2.75) is 0 Å². The number of rotatable bonds is 3. The SMILES string of the molecule is COc1ccc(Cl)c2sc(N3CCN(C(=O)c4nc5ccccc5s4)CC3)nc12. The predicted molar refractivity (Wildman–Crippen MR) is 119 cm³/mol. The Balaban J connectivity index is 1.33. The van der Waals surface area contributed by atoms with E-state index < -0.39 is 0 Å². The summed E-state index contributed by atoms with van der Waals surface area (Å²) in [5.41, 5.74) is 1.66. The summed E-state index contributed by atoms with van der Waals surface area (Å²) in [6.07, 6.45) is 0. The van der Waals surface area contributed by atoms with Crippen LogP contribution in [0.5, 0.6) is 5.75 Å². The van der Waals surface area contributed by atoms with Crippen LogP contribution >= 0.6 is 34.3 Å². The lowest BCUT2D eigenvalue weighted by atomic mass is 10.3. The third-order valence-corrected chi connectivity index (χ3v) is 7.58. The number of piperazine rings is 1. The molecule has 0 saturated carbocycles. The highest BCUT2D eigenvalue weighted by Crippen LogP contribution is 2.39. The smallest absolute Gasteiger partial charge is 0.282 e. The van der Waals surface area contributed by atoms with E-state index in [0.717, 1.165) is 44.4 Å². The molecule has 29 heavy (non-hydrogen) atoms. The summed E-state index contributed by atoms with van der Waals surface area (Å²) in [4.78, 5) is 26.2. The van der Waals surface area contributed by atoms with Crippen molar-refractivity contribution in [1.29, 1.82) is 0 Å². The summed E-state index contributed by atoms with van der Waals surface area (Å²) in [5, 5.41) is 2.13. The Kier molecular flexibility index (Phi) is 4.77. The summed E-state index contributed by atoms with van der Waals surface area (Å²) in [6.45, 7) is 2.71. The van der Waals surface area contributed by atoms with E-state index in [1.165, 1.54) is 11.3 Å². The van der Waals surface area contributed by atoms with E-state index in [4.69, 9.17) is 21.3 Å². The van der Waals surface area contributed by atoms with E-state index in [1.807, 2.05) is 41.3 Å². The van der Waals surface area contributed by atoms with Crippen molar-refractivity contribution >= 4 is 65.7 Å². The van der Waals surface area contributed by atoms with Gasteiger partial charge in [-0.3, -0.25) is 4.79 Å². The molecule has 9 heteroatoms. The average Bonchev–Trinajstić information content (AvgIpc) is 3.39. The van der Waals surface area contributed by atoms with Gasteiger partial charge in [-0.25, -0.2) is 9.97 Å². The number of aromatic nitrogens is 2. The van der Waals surface area contributed by atoms with Gasteiger partial charge in [-0.15, -0.1) is 11.3 Å². The third-order valence-electron chi connectivity index (χ3n) is 4.98. The third kappa shape index (κ3) is 3.31. The number of hydrogen-bond acceptors (Lipinski definition) is 7. The number of ether oxygens (including phenoxy) is 1. The Labute approximate surface area is 180 Å². The molecule has 2 aromatic carbocycles. The molecule has 148 valence electrons. The van der Waals surface area contributed by atoms with Crippen molar-refractivity contribution in [1.82, 2.24) is 14.9 Å². The largest absolute Gasteiger partial charge is 0.494 e. The van der Waals surface area contributed by atoms with Gasteiger partial charge in [0.1, 0.15) is 11.3 Å². The topological polar surface area (TPSA) is 58.6 Å². The van der Waals surface area contributed by atoms with Gasteiger partial charge in [0.2, 0.25) is 0 Å². The molecule has 1 amide bonds. The van der Waals surface area contributed by atoms with Gasteiger partial charge in [-0.05, 0) is 24.3 Å². The molecule has 4 aromatic rings. The van der Waals surface area contributed by atoms with Crippen LogP contribution in [-0.2, 0) is 0 Å². The van der Waals surface area contributed by atoms with Crippen LogP contribution in [0.1, 0.15) is 9.80 Å². The number of hydrogen-bond donors (Lipinski definition) is 0. The number of methoxy groups -OCH3 is 1. The van der Waals surface area contributed by atoms with Crippen LogP contribution in [0.4, 0.5) is 5.13 Å². The second-order valence-corrected chi connectivity index (χ2v) is 9.11. The molecule has 0 N–H and O–H groups in total. The van der Waals surface area contributed by atoms with Crippen molar-refractivity contribution in [3.05, 3.63) is 46.4 Å². The minimum atomic E-state index is -0.000126. The fourth-order valence-electron chi connectivity index (χ4n) is 3.44. The Morgan fingerprint density at radius 1 is 1.07 bits per heavy atom. The maximum atomic E-state index is 12.9. The average molecular weight is 445 g/mol. The quantitative estimate of drug-likeness (QED) is 0.464. The molecule has 0 atom stereocenters. The number of carbonyl (C=O) groups excluding carboxylic acids is 1. The number of fused-ring (bicyclic) bond motifs is 2. The van der Waals surface area contributed by atoms with Gasteiger partial charge < -0.3 is 14.5 Å². The second-order valence-electron chi connectivity index (χ2n) is 6.69. The molecule has 0 unspecified atom stereocenters. The zero-order valence-electron chi connectivity index (χ0n) is 15.6. The standard InChI is InChI=1S/C20H17ClN4O2S2/c1-27-14-7-6-12(21)17-16(14)23-20(29-17)25-10-8-24(9-11-25)19(26)18-22-13-4-2-3-5-15(13)28-18/h2-7H,8-11H2,1H3. The van der Waals surface area contributed by atoms with Gasteiger partial charge in [-0.1, -0.05) is 35.1 Å². The van der Waals surface area contributed by atoms with E-state index in [0.29, 0.717) is 23.1 Å². The molecular weight excluding hydrogens is 428 g/mol. The lowest BCUT2D eigenvalue weighted by Gasteiger charge is -2.34. The maximum Gasteiger partial charge on any atom is 0.282 e. The van der Waals surface area contributed by atoms with Crippen molar-refractivity contribution in [2.24, 2.45) is 0 Å². The molecule has 5 rings (SSSR count). The van der Waals surface area contributed by atoms with Gasteiger partial charge in [0, 0.05) is 26.2 Å². The van der Waals surface area contributed by atoms with Crippen LogP contribution in [0.3, 0.4) is 0 Å². The fraction of sp³-hybridized carbons (Fsp3) is 0.250. The normalized spacial score (nSPS) is 14.7. The lowest BCUT2D eigenvalue weighted by molar-refractivity contribution is 0.0746. The number of carbonyl (C=O) groups is 1. The van der Waals surface area contributed by atoms with Gasteiger partial charge in [0.25, 0.3) is 5.91 Å². The molecule has 3 heterocycles. The Morgan fingerprint density at radius 3 is 2.62 bits per heavy atom. The minimum absolute atomic E-state index is 0.000126. The molecule has 1 aliphatic rings. The predicted octanol–water partition coefficient (Wildman–Crippen LogP) is 4.53. The monoisotopic (exact) mass is 444 g/mol. The molecular formula is C20H17ClN4O2S2.